The molecule has 1 aromatic heterocycles. The molecule has 0 aliphatic rings. The third-order valence-corrected chi connectivity index (χ3v) is 4.25. The number of hydrogen-bond acceptors (Lipinski definition) is 2. The Balaban J connectivity index is 2.17. The van der Waals surface area contributed by atoms with Crippen molar-refractivity contribution < 1.29 is 4.79 Å². The number of carbonyl (C=O) groups excluding carboxylic acids is 1. The first-order valence-corrected chi connectivity index (χ1v) is 7.15. The van der Waals surface area contributed by atoms with Gasteiger partial charge >= 0.3 is 0 Å². The molecule has 0 fully saturated rings. The summed E-state index contributed by atoms with van der Waals surface area (Å²) < 4.78 is 1.98. The van der Waals surface area contributed by atoms with Crippen molar-refractivity contribution >= 4 is 56.3 Å². The van der Waals surface area contributed by atoms with Crippen LogP contribution in [0.2, 0.25) is 8.67 Å². The van der Waals surface area contributed by atoms with Crippen LogP contribution in [0.25, 0.3) is 0 Å². The number of Topliss-reactive ketones (excluding diaryl/α,β-unsaturated/α-hetero) is 1. The van der Waals surface area contributed by atoms with Crippen molar-refractivity contribution in [2.75, 3.05) is 0 Å². The van der Waals surface area contributed by atoms with Crippen molar-refractivity contribution in [3.05, 3.63) is 54.6 Å². The van der Waals surface area contributed by atoms with E-state index in [4.69, 9.17) is 23.2 Å². The van der Waals surface area contributed by atoms with Crippen LogP contribution < -0.4 is 0 Å². The van der Waals surface area contributed by atoms with E-state index >= 15 is 0 Å². The van der Waals surface area contributed by atoms with Gasteiger partial charge in [-0.1, -0.05) is 51.3 Å². The lowest BCUT2D eigenvalue weighted by atomic mass is 10.1. The lowest BCUT2D eigenvalue weighted by Crippen LogP contribution is -2.02. The van der Waals surface area contributed by atoms with Crippen LogP contribution in [0.5, 0.6) is 0 Å². The molecule has 17 heavy (non-hydrogen) atoms. The van der Waals surface area contributed by atoms with Crippen LogP contribution in [0.1, 0.15) is 15.9 Å². The molecule has 0 saturated heterocycles. The van der Waals surface area contributed by atoms with E-state index in [1.165, 1.54) is 11.3 Å². The third-order valence-electron chi connectivity index (χ3n) is 2.24. The average molecular weight is 350 g/mol. The van der Waals surface area contributed by atoms with Gasteiger partial charge in [-0.25, -0.2) is 0 Å². The summed E-state index contributed by atoms with van der Waals surface area (Å²) in [4.78, 5) is 12.0. The highest BCUT2D eigenvalue weighted by atomic mass is 79.9. The fraction of sp³-hybridized carbons (Fsp3) is 0.0833. The summed E-state index contributed by atoms with van der Waals surface area (Å²) >= 11 is 16.3. The Morgan fingerprint density at radius 3 is 2.41 bits per heavy atom. The molecule has 0 unspecified atom stereocenters. The Morgan fingerprint density at radius 1 is 1.24 bits per heavy atom. The van der Waals surface area contributed by atoms with E-state index in [-0.39, 0.29) is 5.78 Å². The van der Waals surface area contributed by atoms with Crippen molar-refractivity contribution in [1.29, 1.82) is 0 Å². The fourth-order valence-electron chi connectivity index (χ4n) is 1.41. The lowest BCUT2D eigenvalue weighted by molar-refractivity contribution is 0.0993. The highest BCUT2D eigenvalue weighted by Gasteiger charge is 2.14. The number of hydrogen-bond donors (Lipinski definition) is 0. The van der Waals surface area contributed by atoms with Crippen molar-refractivity contribution in [1.82, 2.24) is 0 Å². The van der Waals surface area contributed by atoms with Crippen molar-refractivity contribution in [3.8, 4) is 0 Å². The highest BCUT2D eigenvalue weighted by molar-refractivity contribution is 9.10. The molecule has 0 amide bonds. The van der Waals surface area contributed by atoms with E-state index in [0.29, 0.717) is 20.7 Å². The number of ketones is 1. The quantitative estimate of drug-likeness (QED) is 0.692. The molecule has 2 rings (SSSR count). The predicted molar refractivity (Wildman–Crippen MR) is 76.5 cm³/mol. The van der Waals surface area contributed by atoms with E-state index < -0.39 is 0 Å². The van der Waals surface area contributed by atoms with Crippen molar-refractivity contribution in [2.45, 2.75) is 6.42 Å². The number of benzene rings is 1. The molecule has 88 valence electrons. The Labute approximate surface area is 121 Å². The van der Waals surface area contributed by atoms with Gasteiger partial charge in [0.1, 0.15) is 4.34 Å². The van der Waals surface area contributed by atoms with Crippen LogP contribution in [-0.2, 0) is 6.42 Å². The molecule has 1 nitrogen and oxygen atoms in total. The van der Waals surface area contributed by atoms with Crippen LogP contribution in [-0.4, -0.2) is 5.78 Å². The van der Waals surface area contributed by atoms with Crippen molar-refractivity contribution in [3.63, 3.8) is 0 Å². The van der Waals surface area contributed by atoms with Crippen LogP contribution in [0.3, 0.4) is 0 Å². The first-order chi connectivity index (χ1) is 8.06. The minimum Gasteiger partial charge on any atom is -0.294 e. The largest absolute Gasteiger partial charge is 0.294 e. The van der Waals surface area contributed by atoms with Crippen LogP contribution in [0.4, 0.5) is 0 Å². The molecule has 5 heteroatoms. The molecule has 1 aromatic carbocycles. The SMILES string of the molecule is O=C(Cc1ccc(Br)cc1)c1cc(Cl)sc1Cl. The molecule has 0 saturated carbocycles. The number of thiophene rings is 1. The second kappa shape index (κ2) is 5.53. The van der Waals surface area contributed by atoms with Crippen LogP contribution in [0, 0.1) is 0 Å². The molecular weight excluding hydrogens is 343 g/mol. The zero-order valence-corrected chi connectivity index (χ0v) is 12.5. The summed E-state index contributed by atoms with van der Waals surface area (Å²) in [6.07, 6.45) is 0.333. The smallest absolute Gasteiger partial charge is 0.169 e. The lowest BCUT2D eigenvalue weighted by Gasteiger charge is -2.00. The first kappa shape index (κ1) is 13.1. The molecule has 2 aromatic rings. The zero-order valence-electron chi connectivity index (χ0n) is 8.54. The molecular formula is C12H7BrCl2OS. The Kier molecular flexibility index (Phi) is 4.26. The van der Waals surface area contributed by atoms with Gasteiger partial charge in [0, 0.05) is 16.5 Å². The third kappa shape index (κ3) is 3.32. The van der Waals surface area contributed by atoms with Gasteiger partial charge < -0.3 is 0 Å². The van der Waals surface area contributed by atoms with Crippen molar-refractivity contribution in [2.24, 2.45) is 0 Å². The number of halogens is 3. The van der Waals surface area contributed by atoms with Gasteiger partial charge in [-0.05, 0) is 23.8 Å². The number of rotatable bonds is 3. The maximum Gasteiger partial charge on any atom is 0.169 e. The van der Waals surface area contributed by atoms with Gasteiger partial charge in [-0.15, -0.1) is 11.3 Å². The second-order valence-electron chi connectivity index (χ2n) is 3.46. The van der Waals surface area contributed by atoms with E-state index in [9.17, 15) is 4.79 Å². The van der Waals surface area contributed by atoms with E-state index in [1.54, 1.807) is 6.07 Å². The van der Waals surface area contributed by atoms with Gasteiger partial charge in [0.05, 0.1) is 4.34 Å². The molecule has 0 N–H and O–H groups in total. The van der Waals surface area contributed by atoms with E-state index in [2.05, 4.69) is 15.9 Å². The molecule has 0 spiro atoms. The van der Waals surface area contributed by atoms with Gasteiger partial charge in [-0.3, -0.25) is 4.79 Å². The molecule has 0 aliphatic carbocycles. The Bertz CT molecular complexity index is 548. The number of carbonyl (C=O) groups is 1. The second-order valence-corrected chi connectivity index (χ2v) is 6.67. The summed E-state index contributed by atoms with van der Waals surface area (Å²) in [6.45, 7) is 0. The molecule has 0 bridgehead atoms. The standard InChI is InChI=1S/C12H7BrCl2OS/c13-8-3-1-7(2-4-8)5-10(16)9-6-11(14)17-12(9)15/h1-4,6H,5H2. The molecule has 1 heterocycles. The summed E-state index contributed by atoms with van der Waals surface area (Å²) in [5, 5.41) is 0. The van der Waals surface area contributed by atoms with Gasteiger partial charge in [0.2, 0.25) is 0 Å². The summed E-state index contributed by atoms with van der Waals surface area (Å²) in [5.41, 5.74) is 1.46. The van der Waals surface area contributed by atoms with Gasteiger partial charge in [0.25, 0.3) is 0 Å². The molecule has 0 atom stereocenters. The fourth-order valence-corrected chi connectivity index (χ4v) is 3.18. The van der Waals surface area contributed by atoms with E-state index in [1.807, 2.05) is 24.3 Å². The van der Waals surface area contributed by atoms with Crippen LogP contribution in [0.15, 0.2) is 34.8 Å². The summed E-state index contributed by atoms with van der Waals surface area (Å²) in [7, 11) is 0. The molecule has 0 aliphatic heterocycles. The first-order valence-electron chi connectivity index (χ1n) is 4.79. The summed E-state index contributed by atoms with van der Waals surface area (Å²) in [6, 6.07) is 9.25. The molecule has 0 radical (unpaired) electrons. The van der Waals surface area contributed by atoms with E-state index in [0.717, 1.165) is 10.0 Å². The average Bonchev–Trinajstić information content (AvgIpc) is 2.61. The Hall–Kier alpha value is -0.350. The minimum absolute atomic E-state index is 0.0135. The van der Waals surface area contributed by atoms with Gasteiger partial charge in [0.15, 0.2) is 5.78 Å². The maximum atomic E-state index is 12.0. The normalized spacial score (nSPS) is 10.5. The monoisotopic (exact) mass is 348 g/mol. The zero-order chi connectivity index (χ0) is 12.4. The predicted octanol–water partition coefficient (Wildman–Crippen LogP) is 5.24. The summed E-state index contributed by atoms with van der Waals surface area (Å²) in [5.74, 6) is -0.0135. The van der Waals surface area contributed by atoms with Crippen LogP contribution >= 0.6 is 50.5 Å². The highest BCUT2D eigenvalue weighted by Crippen LogP contribution is 2.31. The maximum absolute atomic E-state index is 12.0. The topological polar surface area (TPSA) is 17.1 Å². The van der Waals surface area contributed by atoms with Gasteiger partial charge in [-0.2, -0.15) is 0 Å². The minimum atomic E-state index is -0.0135. The Morgan fingerprint density at radius 2 is 1.88 bits per heavy atom.